The summed E-state index contributed by atoms with van der Waals surface area (Å²) in [5.74, 6) is 0.669. The molecule has 0 saturated carbocycles. The van der Waals surface area contributed by atoms with Crippen LogP contribution in [0.4, 0.5) is 0 Å². The van der Waals surface area contributed by atoms with Gasteiger partial charge in [-0.1, -0.05) is 30.3 Å². The van der Waals surface area contributed by atoms with Crippen LogP contribution in [-0.4, -0.2) is 23.2 Å². The Balaban J connectivity index is 2.35. The topological polar surface area (TPSA) is 55.0 Å². The molecule has 0 spiro atoms. The van der Waals surface area contributed by atoms with Gasteiger partial charge in [-0.2, -0.15) is 0 Å². The maximum atomic E-state index is 11.9. The summed E-state index contributed by atoms with van der Waals surface area (Å²) >= 11 is 0. The molecule has 0 radical (unpaired) electrons. The van der Waals surface area contributed by atoms with Gasteiger partial charge >= 0.3 is 0 Å². The highest BCUT2D eigenvalue weighted by atomic mass is 16.5. The van der Waals surface area contributed by atoms with E-state index in [4.69, 9.17) is 4.74 Å². The molecular formula is C15H18N2O2. The molecule has 2 aromatic rings. The smallest absolute Gasteiger partial charge is 0.254 e. The number of H-pyrrole nitrogens is 1. The fraction of sp³-hybridized carbons (Fsp3) is 0.333. The fourth-order valence-corrected chi connectivity index (χ4v) is 1.89. The van der Waals surface area contributed by atoms with E-state index in [1.807, 2.05) is 37.3 Å². The van der Waals surface area contributed by atoms with Gasteiger partial charge in [0.05, 0.1) is 12.3 Å². The van der Waals surface area contributed by atoms with Crippen molar-refractivity contribution in [2.45, 2.75) is 20.3 Å². The van der Waals surface area contributed by atoms with E-state index in [9.17, 15) is 4.79 Å². The van der Waals surface area contributed by atoms with Gasteiger partial charge in [0.1, 0.15) is 5.82 Å². The Bertz CT molecular complexity index is 591. The highest BCUT2D eigenvalue weighted by Crippen LogP contribution is 2.18. The fourth-order valence-electron chi connectivity index (χ4n) is 1.89. The van der Waals surface area contributed by atoms with Crippen molar-refractivity contribution in [1.82, 2.24) is 9.97 Å². The molecule has 2 rings (SSSR count). The van der Waals surface area contributed by atoms with Gasteiger partial charge in [0.25, 0.3) is 5.56 Å². The summed E-state index contributed by atoms with van der Waals surface area (Å²) in [7, 11) is 0. The molecule has 0 fully saturated rings. The summed E-state index contributed by atoms with van der Waals surface area (Å²) in [4.78, 5) is 19.3. The van der Waals surface area contributed by atoms with Crippen molar-refractivity contribution in [3.05, 3.63) is 52.1 Å². The van der Waals surface area contributed by atoms with Crippen molar-refractivity contribution >= 4 is 0 Å². The van der Waals surface area contributed by atoms with Crippen molar-refractivity contribution in [2.75, 3.05) is 13.2 Å². The summed E-state index contributed by atoms with van der Waals surface area (Å²) in [5.41, 5.74) is 2.27. The molecule has 1 aromatic carbocycles. The van der Waals surface area contributed by atoms with Gasteiger partial charge in [0, 0.05) is 24.2 Å². The molecule has 0 unspecified atom stereocenters. The number of hydrogen-bond acceptors (Lipinski definition) is 3. The SMILES string of the molecule is CCOCCc1nc(-c2ccccc2)c(C)c(=O)[nH]1. The number of aromatic amines is 1. The summed E-state index contributed by atoms with van der Waals surface area (Å²) in [6.45, 7) is 4.97. The van der Waals surface area contributed by atoms with Crippen molar-refractivity contribution in [1.29, 1.82) is 0 Å². The third-order valence-corrected chi connectivity index (χ3v) is 2.93. The molecule has 19 heavy (non-hydrogen) atoms. The first-order valence-corrected chi connectivity index (χ1v) is 6.45. The molecule has 100 valence electrons. The molecule has 1 aromatic heterocycles. The predicted octanol–water partition coefficient (Wildman–Crippen LogP) is 2.32. The zero-order valence-corrected chi connectivity index (χ0v) is 11.3. The van der Waals surface area contributed by atoms with Gasteiger partial charge in [0.15, 0.2) is 0 Å². The van der Waals surface area contributed by atoms with Crippen LogP contribution in [0.3, 0.4) is 0 Å². The van der Waals surface area contributed by atoms with E-state index >= 15 is 0 Å². The molecule has 0 saturated heterocycles. The van der Waals surface area contributed by atoms with Crippen LogP contribution in [0.25, 0.3) is 11.3 Å². The monoisotopic (exact) mass is 258 g/mol. The molecule has 1 N–H and O–H groups in total. The lowest BCUT2D eigenvalue weighted by molar-refractivity contribution is 0.149. The van der Waals surface area contributed by atoms with Crippen molar-refractivity contribution in [2.24, 2.45) is 0 Å². The summed E-state index contributed by atoms with van der Waals surface area (Å²) < 4.78 is 5.29. The van der Waals surface area contributed by atoms with Crippen LogP contribution < -0.4 is 5.56 Å². The van der Waals surface area contributed by atoms with Gasteiger partial charge in [-0.05, 0) is 13.8 Å². The second-order valence-corrected chi connectivity index (χ2v) is 4.30. The molecule has 4 heteroatoms. The number of aromatic nitrogens is 2. The second-order valence-electron chi connectivity index (χ2n) is 4.30. The number of benzene rings is 1. The van der Waals surface area contributed by atoms with E-state index in [1.54, 1.807) is 6.92 Å². The van der Waals surface area contributed by atoms with E-state index in [-0.39, 0.29) is 5.56 Å². The highest BCUT2D eigenvalue weighted by molar-refractivity contribution is 5.62. The molecule has 0 atom stereocenters. The molecule has 0 aliphatic carbocycles. The Labute approximate surface area is 112 Å². The van der Waals surface area contributed by atoms with Gasteiger partial charge < -0.3 is 9.72 Å². The largest absolute Gasteiger partial charge is 0.381 e. The molecule has 0 amide bonds. The minimum Gasteiger partial charge on any atom is -0.381 e. The Hall–Kier alpha value is -1.94. The Morgan fingerprint density at radius 2 is 2.00 bits per heavy atom. The highest BCUT2D eigenvalue weighted by Gasteiger charge is 2.09. The first kappa shape index (κ1) is 13.5. The maximum Gasteiger partial charge on any atom is 0.254 e. The zero-order valence-electron chi connectivity index (χ0n) is 11.3. The number of ether oxygens (including phenoxy) is 1. The van der Waals surface area contributed by atoms with Crippen molar-refractivity contribution in [3.8, 4) is 11.3 Å². The number of nitrogens with zero attached hydrogens (tertiary/aromatic N) is 1. The number of nitrogens with one attached hydrogen (secondary N) is 1. The summed E-state index contributed by atoms with van der Waals surface area (Å²) in [6.07, 6.45) is 0.614. The predicted molar refractivity (Wildman–Crippen MR) is 75.2 cm³/mol. The normalized spacial score (nSPS) is 10.6. The Morgan fingerprint density at radius 3 is 2.68 bits per heavy atom. The first-order chi connectivity index (χ1) is 9.22. The average molecular weight is 258 g/mol. The van der Waals surface area contributed by atoms with Gasteiger partial charge in [-0.3, -0.25) is 4.79 Å². The van der Waals surface area contributed by atoms with Crippen molar-refractivity contribution < 1.29 is 4.74 Å². The van der Waals surface area contributed by atoms with E-state index in [1.165, 1.54) is 0 Å². The van der Waals surface area contributed by atoms with E-state index in [2.05, 4.69) is 9.97 Å². The van der Waals surface area contributed by atoms with E-state index in [0.717, 1.165) is 11.3 Å². The Morgan fingerprint density at radius 1 is 1.26 bits per heavy atom. The van der Waals surface area contributed by atoms with Gasteiger partial charge in [-0.25, -0.2) is 4.98 Å². The number of hydrogen-bond donors (Lipinski definition) is 1. The maximum absolute atomic E-state index is 11.9. The quantitative estimate of drug-likeness (QED) is 0.837. The summed E-state index contributed by atoms with van der Waals surface area (Å²) in [5, 5.41) is 0. The van der Waals surface area contributed by atoms with Crippen LogP contribution in [0.15, 0.2) is 35.1 Å². The van der Waals surface area contributed by atoms with Crippen LogP contribution in [0.1, 0.15) is 18.3 Å². The zero-order chi connectivity index (χ0) is 13.7. The molecule has 0 bridgehead atoms. The number of rotatable bonds is 5. The van der Waals surface area contributed by atoms with E-state index in [0.29, 0.717) is 31.0 Å². The Kier molecular flexibility index (Phi) is 4.47. The summed E-state index contributed by atoms with van der Waals surface area (Å²) in [6, 6.07) is 9.75. The first-order valence-electron chi connectivity index (χ1n) is 6.45. The standard InChI is InChI=1S/C15H18N2O2/c1-3-19-10-9-13-16-14(11(2)15(18)17-13)12-7-5-4-6-8-12/h4-8H,3,9-10H2,1-2H3,(H,16,17,18). The third-order valence-electron chi connectivity index (χ3n) is 2.93. The van der Waals surface area contributed by atoms with Crippen LogP contribution in [0.2, 0.25) is 0 Å². The average Bonchev–Trinajstić information content (AvgIpc) is 2.44. The minimum absolute atomic E-state index is 0.0830. The van der Waals surface area contributed by atoms with Crippen LogP contribution in [0, 0.1) is 6.92 Å². The molecule has 0 aliphatic rings. The molecular weight excluding hydrogens is 240 g/mol. The van der Waals surface area contributed by atoms with Crippen molar-refractivity contribution in [3.63, 3.8) is 0 Å². The molecule has 1 heterocycles. The lowest BCUT2D eigenvalue weighted by Crippen LogP contribution is -2.17. The second kappa shape index (κ2) is 6.29. The lowest BCUT2D eigenvalue weighted by Gasteiger charge is -2.08. The molecule has 4 nitrogen and oxygen atoms in total. The third kappa shape index (κ3) is 3.29. The lowest BCUT2D eigenvalue weighted by atomic mass is 10.1. The van der Waals surface area contributed by atoms with Crippen LogP contribution in [-0.2, 0) is 11.2 Å². The minimum atomic E-state index is -0.0830. The van der Waals surface area contributed by atoms with Crippen LogP contribution in [0.5, 0.6) is 0 Å². The van der Waals surface area contributed by atoms with Crippen LogP contribution >= 0.6 is 0 Å². The molecule has 0 aliphatic heterocycles. The van der Waals surface area contributed by atoms with Gasteiger partial charge in [-0.15, -0.1) is 0 Å². The van der Waals surface area contributed by atoms with E-state index < -0.39 is 0 Å². The van der Waals surface area contributed by atoms with Gasteiger partial charge in [0.2, 0.25) is 0 Å².